The molecule has 2 aromatic heterocycles. The number of esters is 1. The van der Waals surface area contributed by atoms with Crippen LogP contribution in [-0.2, 0) is 22.7 Å². The molecule has 0 amide bonds. The molecule has 0 N–H and O–H groups in total. The molecule has 2 heterocycles. The zero-order valence-corrected chi connectivity index (χ0v) is 13.0. The second-order valence-electron chi connectivity index (χ2n) is 4.96. The lowest BCUT2D eigenvalue weighted by molar-refractivity contribution is -0.144. The van der Waals surface area contributed by atoms with Gasteiger partial charge in [0.2, 0.25) is 0 Å². The summed E-state index contributed by atoms with van der Waals surface area (Å²) in [7, 11) is 0. The standard InChI is InChI=1S/C16H15N3O5/c1-2-22-16(21)9-19-8-12(17-18-19)10-23-13-5-3-11-4-6-15(20)24-14(11)7-13/h3-8H,2,9-10H2,1H3. The first kappa shape index (κ1) is 15.7. The lowest BCUT2D eigenvalue weighted by Crippen LogP contribution is -2.13. The van der Waals surface area contributed by atoms with Crippen molar-refractivity contribution in [1.82, 2.24) is 15.0 Å². The Morgan fingerprint density at radius 2 is 2.12 bits per heavy atom. The third-order valence-corrected chi connectivity index (χ3v) is 3.16. The maximum Gasteiger partial charge on any atom is 0.336 e. The van der Waals surface area contributed by atoms with E-state index < -0.39 is 5.63 Å². The molecule has 0 fully saturated rings. The predicted molar refractivity (Wildman–Crippen MR) is 83.5 cm³/mol. The third kappa shape index (κ3) is 3.78. The minimum atomic E-state index is -0.415. The lowest BCUT2D eigenvalue weighted by Gasteiger charge is -2.04. The topological polar surface area (TPSA) is 96.5 Å². The van der Waals surface area contributed by atoms with E-state index in [0.717, 1.165) is 5.39 Å². The zero-order chi connectivity index (χ0) is 16.9. The van der Waals surface area contributed by atoms with Crippen molar-refractivity contribution in [2.24, 2.45) is 0 Å². The molecule has 3 aromatic rings. The summed E-state index contributed by atoms with van der Waals surface area (Å²) < 4.78 is 16.9. The van der Waals surface area contributed by atoms with Gasteiger partial charge in [0, 0.05) is 17.5 Å². The molecule has 124 valence electrons. The van der Waals surface area contributed by atoms with Crippen LogP contribution in [0.3, 0.4) is 0 Å². The summed E-state index contributed by atoms with van der Waals surface area (Å²) in [5, 5.41) is 8.57. The molecule has 0 atom stereocenters. The monoisotopic (exact) mass is 329 g/mol. The predicted octanol–water partition coefficient (Wildman–Crippen LogP) is 1.53. The van der Waals surface area contributed by atoms with E-state index in [4.69, 9.17) is 13.9 Å². The average Bonchev–Trinajstić information content (AvgIpc) is 3.00. The van der Waals surface area contributed by atoms with E-state index >= 15 is 0 Å². The highest BCUT2D eigenvalue weighted by molar-refractivity contribution is 5.77. The molecule has 0 aliphatic rings. The summed E-state index contributed by atoms with van der Waals surface area (Å²) in [5.74, 6) is 0.163. The van der Waals surface area contributed by atoms with E-state index in [9.17, 15) is 9.59 Å². The molecule has 0 saturated carbocycles. The number of rotatable bonds is 6. The first-order chi connectivity index (χ1) is 11.6. The highest BCUT2D eigenvalue weighted by atomic mass is 16.5. The van der Waals surface area contributed by atoms with Crippen molar-refractivity contribution in [3.8, 4) is 5.75 Å². The van der Waals surface area contributed by atoms with Gasteiger partial charge in [-0.25, -0.2) is 9.48 Å². The van der Waals surface area contributed by atoms with Crippen molar-refractivity contribution in [2.75, 3.05) is 6.61 Å². The minimum Gasteiger partial charge on any atom is -0.487 e. The summed E-state index contributed by atoms with van der Waals surface area (Å²) in [6, 6.07) is 8.26. The fourth-order valence-electron chi connectivity index (χ4n) is 2.11. The molecule has 8 heteroatoms. The van der Waals surface area contributed by atoms with Crippen molar-refractivity contribution in [3.05, 3.63) is 52.6 Å². The number of hydrogen-bond donors (Lipinski definition) is 0. The Bertz CT molecular complexity index is 915. The summed E-state index contributed by atoms with van der Waals surface area (Å²) >= 11 is 0. The van der Waals surface area contributed by atoms with Crippen LogP contribution in [0.1, 0.15) is 12.6 Å². The van der Waals surface area contributed by atoms with Crippen LogP contribution >= 0.6 is 0 Å². The van der Waals surface area contributed by atoms with Crippen molar-refractivity contribution in [2.45, 2.75) is 20.1 Å². The van der Waals surface area contributed by atoms with Gasteiger partial charge in [-0.1, -0.05) is 5.21 Å². The normalized spacial score (nSPS) is 10.7. The van der Waals surface area contributed by atoms with Gasteiger partial charge in [0.05, 0.1) is 12.8 Å². The second-order valence-corrected chi connectivity index (χ2v) is 4.96. The van der Waals surface area contributed by atoms with E-state index in [1.165, 1.54) is 10.7 Å². The van der Waals surface area contributed by atoms with Crippen molar-refractivity contribution < 1.29 is 18.7 Å². The largest absolute Gasteiger partial charge is 0.487 e. The number of ether oxygens (including phenoxy) is 2. The second kappa shape index (κ2) is 6.95. The quantitative estimate of drug-likeness (QED) is 0.499. The summed E-state index contributed by atoms with van der Waals surface area (Å²) in [6.07, 6.45) is 1.61. The number of carbonyl (C=O) groups excluding carboxylic acids is 1. The Balaban J connectivity index is 1.64. The molecule has 24 heavy (non-hydrogen) atoms. The number of fused-ring (bicyclic) bond motifs is 1. The number of nitrogens with zero attached hydrogens (tertiary/aromatic N) is 3. The van der Waals surface area contributed by atoms with Crippen molar-refractivity contribution in [1.29, 1.82) is 0 Å². The van der Waals surface area contributed by atoms with Crippen LogP contribution in [0.15, 0.2) is 45.7 Å². The zero-order valence-electron chi connectivity index (χ0n) is 13.0. The number of hydrogen-bond acceptors (Lipinski definition) is 7. The van der Waals surface area contributed by atoms with Crippen LogP contribution in [-0.4, -0.2) is 27.6 Å². The number of aromatic nitrogens is 3. The van der Waals surface area contributed by atoms with Crippen molar-refractivity contribution in [3.63, 3.8) is 0 Å². The molecule has 3 rings (SSSR count). The van der Waals surface area contributed by atoms with E-state index in [1.807, 2.05) is 0 Å². The molecule has 0 unspecified atom stereocenters. The van der Waals surface area contributed by atoms with Gasteiger partial charge in [-0.3, -0.25) is 4.79 Å². The Morgan fingerprint density at radius 1 is 1.29 bits per heavy atom. The molecule has 8 nitrogen and oxygen atoms in total. The van der Waals surface area contributed by atoms with Crippen LogP contribution in [0.2, 0.25) is 0 Å². The minimum absolute atomic E-state index is 0.00196. The molecular weight excluding hydrogens is 314 g/mol. The van der Waals surface area contributed by atoms with Crippen LogP contribution in [0.4, 0.5) is 0 Å². The Morgan fingerprint density at radius 3 is 2.96 bits per heavy atom. The summed E-state index contributed by atoms with van der Waals surface area (Å²) in [6.45, 7) is 2.24. The van der Waals surface area contributed by atoms with Crippen LogP contribution < -0.4 is 10.4 Å². The molecular formula is C16H15N3O5. The van der Waals surface area contributed by atoms with Crippen LogP contribution in [0, 0.1) is 0 Å². The average molecular weight is 329 g/mol. The molecule has 0 spiro atoms. The fraction of sp³-hybridized carbons (Fsp3) is 0.250. The van der Waals surface area contributed by atoms with Gasteiger partial charge in [-0.05, 0) is 25.1 Å². The van der Waals surface area contributed by atoms with Crippen LogP contribution in [0.25, 0.3) is 11.0 Å². The third-order valence-electron chi connectivity index (χ3n) is 3.16. The molecule has 0 saturated heterocycles. The van der Waals surface area contributed by atoms with Gasteiger partial charge in [0.25, 0.3) is 0 Å². The molecule has 1 aromatic carbocycles. The maximum absolute atomic E-state index is 11.4. The van der Waals surface area contributed by atoms with E-state index in [-0.39, 0.29) is 19.1 Å². The van der Waals surface area contributed by atoms with E-state index in [0.29, 0.717) is 23.6 Å². The lowest BCUT2D eigenvalue weighted by atomic mass is 10.2. The molecule has 0 bridgehead atoms. The van der Waals surface area contributed by atoms with Gasteiger partial charge in [-0.15, -0.1) is 5.10 Å². The first-order valence-electron chi connectivity index (χ1n) is 7.35. The highest BCUT2D eigenvalue weighted by Crippen LogP contribution is 2.20. The van der Waals surface area contributed by atoms with Crippen molar-refractivity contribution >= 4 is 16.9 Å². The maximum atomic E-state index is 11.4. The van der Waals surface area contributed by atoms with Gasteiger partial charge in [0.15, 0.2) is 0 Å². The highest BCUT2D eigenvalue weighted by Gasteiger charge is 2.07. The van der Waals surface area contributed by atoms with Gasteiger partial charge in [-0.2, -0.15) is 0 Å². The number of carbonyl (C=O) groups is 1. The fourth-order valence-corrected chi connectivity index (χ4v) is 2.11. The van der Waals surface area contributed by atoms with Gasteiger partial charge >= 0.3 is 11.6 Å². The van der Waals surface area contributed by atoms with Crippen LogP contribution in [0.5, 0.6) is 5.75 Å². The Labute approximate surface area is 136 Å². The van der Waals surface area contributed by atoms with E-state index in [1.54, 1.807) is 37.4 Å². The summed E-state index contributed by atoms with van der Waals surface area (Å²) in [5.41, 5.74) is 0.599. The SMILES string of the molecule is CCOC(=O)Cn1cc(COc2ccc3ccc(=O)oc3c2)nn1. The first-order valence-corrected chi connectivity index (χ1v) is 7.35. The Hall–Kier alpha value is -3.16. The Kier molecular flexibility index (Phi) is 4.55. The molecule has 0 radical (unpaired) electrons. The smallest absolute Gasteiger partial charge is 0.336 e. The van der Waals surface area contributed by atoms with E-state index in [2.05, 4.69) is 10.3 Å². The number of benzene rings is 1. The summed E-state index contributed by atoms with van der Waals surface area (Å²) in [4.78, 5) is 22.6. The molecule has 0 aliphatic carbocycles. The van der Waals surface area contributed by atoms with Gasteiger partial charge in [0.1, 0.15) is 30.2 Å². The molecule has 0 aliphatic heterocycles. The van der Waals surface area contributed by atoms with Gasteiger partial charge < -0.3 is 13.9 Å².